The van der Waals surface area contributed by atoms with Crippen molar-refractivity contribution in [2.75, 3.05) is 6.54 Å². The van der Waals surface area contributed by atoms with Gasteiger partial charge in [-0.3, -0.25) is 14.4 Å². The van der Waals surface area contributed by atoms with Crippen molar-refractivity contribution in [1.29, 1.82) is 0 Å². The molecule has 0 atom stereocenters. The predicted molar refractivity (Wildman–Crippen MR) is 73.8 cm³/mol. The maximum atomic E-state index is 11.9. The third kappa shape index (κ3) is 3.26. The Morgan fingerprint density at radius 3 is 2.30 bits per heavy atom. The number of carbonyl (C=O) groups is 3. The van der Waals surface area contributed by atoms with Crippen LogP contribution in [0, 0.1) is 5.41 Å². The van der Waals surface area contributed by atoms with E-state index in [2.05, 4.69) is 10.3 Å². The zero-order chi connectivity index (χ0) is 15.3. The first-order valence-electron chi connectivity index (χ1n) is 6.57. The summed E-state index contributed by atoms with van der Waals surface area (Å²) in [6.45, 7) is 5.04. The van der Waals surface area contributed by atoms with Gasteiger partial charge in [-0.1, -0.05) is 13.8 Å². The van der Waals surface area contributed by atoms with Gasteiger partial charge in [0.2, 0.25) is 0 Å². The number of aromatic nitrogens is 1. The van der Waals surface area contributed by atoms with E-state index in [1.165, 1.54) is 19.2 Å². The van der Waals surface area contributed by atoms with Crippen molar-refractivity contribution in [3.63, 3.8) is 0 Å². The van der Waals surface area contributed by atoms with E-state index in [0.29, 0.717) is 18.4 Å². The number of aromatic amines is 1. The number of hydrogen-bond acceptors (Lipinski definition) is 3. The van der Waals surface area contributed by atoms with Crippen molar-refractivity contribution in [1.82, 2.24) is 10.3 Å². The van der Waals surface area contributed by atoms with E-state index in [9.17, 15) is 19.5 Å². The van der Waals surface area contributed by atoms with E-state index in [4.69, 9.17) is 0 Å². The lowest BCUT2D eigenvalue weighted by Gasteiger charge is -2.26. The highest BCUT2D eigenvalue weighted by atomic mass is 16.4. The molecular formula is C14H20N2O4. The van der Waals surface area contributed by atoms with E-state index >= 15 is 0 Å². The molecule has 1 aromatic heterocycles. The third-order valence-electron chi connectivity index (χ3n) is 3.73. The Bertz CT molecular complexity index is 515. The molecule has 0 fully saturated rings. The quantitative estimate of drug-likeness (QED) is 0.663. The minimum absolute atomic E-state index is 0.0581. The number of carboxylic acids is 1. The lowest BCUT2D eigenvalue weighted by atomic mass is 9.82. The topological polar surface area (TPSA) is 99.3 Å². The normalized spacial score (nSPS) is 11.2. The molecule has 6 nitrogen and oxygen atoms in total. The Labute approximate surface area is 117 Å². The van der Waals surface area contributed by atoms with Gasteiger partial charge < -0.3 is 15.4 Å². The van der Waals surface area contributed by atoms with Crippen LogP contribution in [0.4, 0.5) is 0 Å². The molecule has 0 bridgehead atoms. The molecule has 0 aliphatic carbocycles. The average Bonchev–Trinajstić information content (AvgIpc) is 2.89. The number of amides is 1. The Balaban J connectivity index is 2.75. The van der Waals surface area contributed by atoms with Gasteiger partial charge in [-0.2, -0.15) is 0 Å². The van der Waals surface area contributed by atoms with Gasteiger partial charge in [0.05, 0.1) is 5.41 Å². The molecule has 0 unspecified atom stereocenters. The Morgan fingerprint density at radius 2 is 1.90 bits per heavy atom. The second-order valence-electron chi connectivity index (χ2n) is 4.83. The fourth-order valence-electron chi connectivity index (χ4n) is 1.95. The number of H-pyrrole nitrogens is 1. The highest BCUT2D eigenvalue weighted by Gasteiger charge is 2.35. The minimum Gasteiger partial charge on any atom is -0.481 e. The number of Topliss-reactive ketones (excluding diaryl/α,β-unsaturated/α-hetero) is 1. The monoisotopic (exact) mass is 280 g/mol. The van der Waals surface area contributed by atoms with Crippen LogP contribution in [0.25, 0.3) is 0 Å². The Kier molecular flexibility index (Phi) is 5.07. The summed E-state index contributed by atoms with van der Waals surface area (Å²) < 4.78 is 0. The van der Waals surface area contributed by atoms with Crippen LogP contribution in [0.15, 0.2) is 12.3 Å². The van der Waals surface area contributed by atoms with Gasteiger partial charge in [0, 0.05) is 18.3 Å². The molecule has 1 amide bonds. The van der Waals surface area contributed by atoms with E-state index in [-0.39, 0.29) is 18.0 Å². The molecule has 0 aliphatic heterocycles. The zero-order valence-electron chi connectivity index (χ0n) is 11.9. The summed E-state index contributed by atoms with van der Waals surface area (Å²) in [6.07, 6.45) is 2.33. The van der Waals surface area contributed by atoms with Crippen LogP contribution in [-0.2, 0) is 4.79 Å². The molecular weight excluding hydrogens is 260 g/mol. The molecule has 20 heavy (non-hydrogen) atoms. The maximum absolute atomic E-state index is 11.9. The first kappa shape index (κ1) is 15.9. The van der Waals surface area contributed by atoms with Crippen molar-refractivity contribution in [3.05, 3.63) is 23.5 Å². The third-order valence-corrected chi connectivity index (χ3v) is 3.73. The smallest absolute Gasteiger partial charge is 0.311 e. The molecule has 1 heterocycles. The molecule has 0 aliphatic rings. The van der Waals surface area contributed by atoms with Gasteiger partial charge in [-0.05, 0) is 25.8 Å². The van der Waals surface area contributed by atoms with Crippen molar-refractivity contribution in [3.8, 4) is 0 Å². The van der Waals surface area contributed by atoms with Gasteiger partial charge in [0.15, 0.2) is 5.78 Å². The number of rotatable bonds is 7. The van der Waals surface area contributed by atoms with Crippen molar-refractivity contribution in [2.24, 2.45) is 5.41 Å². The van der Waals surface area contributed by atoms with Crippen LogP contribution in [0.2, 0.25) is 0 Å². The van der Waals surface area contributed by atoms with Crippen LogP contribution in [0.1, 0.15) is 54.5 Å². The van der Waals surface area contributed by atoms with Crippen LogP contribution in [0.3, 0.4) is 0 Å². The molecule has 0 saturated heterocycles. The van der Waals surface area contributed by atoms with Gasteiger partial charge in [-0.25, -0.2) is 0 Å². The number of carboxylic acid groups (broad SMARTS) is 1. The molecule has 6 heteroatoms. The van der Waals surface area contributed by atoms with Gasteiger partial charge in [-0.15, -0.1) is 0 Å². The summed E-state index contributed by atoms with van der Waals surface area (Å²) in [7, 11) is 0. The highest BCUT2D eigenvalue weighted by molar-refractivity contribution is 5.99. The van der Waals surface area contributed by atoms with Crippen molar-refractivity contribution < 1.29 is 19.5 Å². The number of carbonyl (C=O) groups excluding carboxylic acids is 2. The number of nitrogens with one attached hydrogen (secondary N) is 2. The van der Waals surface area contributed by atoms with Crippen molar-refractivity contribution >= 4 is 17.7 Å². The number of ketones is 1. The predicted octanol–water partition coefficient (Wildman–Crippen LogP) is 1.84. The van der Waals surface area contributed by atoms with Gasteiger partial charge in [0.1, 0.15) is 5.69 Å². The summed E-state index contributed by atoms with van der Waals surface area (Å²) in [4.78, 5) is 37.1. The van der Waals surface area contributed by atoms with Crippen LogP contribution >= 0.6 is 0 Å². The molecule has 1 rings (SSSR count). The van der Waals surface area contributed by atoms with E-state index in [1.807, 2.05) is 0 Å². The number of aliphatic carboxylic acids is 1. The summed E-state index contributed by atoms with van der Waals surface area (Å²) in [5, 5.41) is 11.9. The molecule has 0 radical (unpaired) electrons. The minimum atomic E-state index is -0.953. The number of hydrogen-bond donors (Lipinski definition) is 3. The van der Waals surface area contributed by atoms with E-state index in [0.717, 1.165) is 0 Å². The maximum Gasteiger partial charge on any atom is 0.311 e. The fourth-order valence-corrected chi connectivity index (χ4v) is 1.95. The molecule has 3 N–H and O–H groups in total. The molecule has 0 spiro atoms. The van der Waals surface area contributed by atoms with E-state index < -0.39 is 17.3 Å². The Hall–Kier alpha value is -2.11. The molecule has 0 aromatic carbocycles. The van der Waals surface area contributed by atoms with Crippen LogP contribution in [0.5, 0.6) is 0 Å². The SMILES string of the molecule is CCC(CC)(CNC(=O)c1cc(C(C)=O)c[nH]1)C(=O)O. The summed E-state index contributed by atoms with van der Waals surface area (Å²) in [6, 6.07) is 1.46. The van der Waals surface area contributed by atoms with Gasteiger partial charge in [0.25, 0.3) is 5.91 Å². The van der Waals surface area contributed by atoms with Crippen molar-refractivity contribution in [2.45, 2.75) is 33.6 Å². The summed E-state index contributed by atoms with van der Waals surface area (Å²) >= 11 is 0. The summed E-state index contributed by atoms with van der Waals surface area (Å²) in [5.74, 6) is -1.47. The first-order valence-corrected chi connectivity index (χ1v) is 6.57. The van der Waals surface area contributed by atoms with Crippen LogP contribution < -0.4 is 5.32 Å². The average molecular weight is 280 g/mol. The highest BCUT2D eigenvalue weighted by Crippen LogP contribution is 2.25. The lowest BCUT2D eigenvalue weighted by molar-refractivity contribution is -0.149. The molecule has 1 aromatic rings. The van der Waals surface area contributed by atoms with Gasteiger partial charge >= 0.3 is 5.97 Å². The second kappa shape index (κ2) is 6.36. The van der Waals surface area contributed by atoms with Crippen LogP contribution in [-0.4, -0.2) is 34.3 Å². The zero-order valence-corrected chi connectivity index (χ0v) is 11.9. The van der Waals surface area contributed by atoms with E-state index in [1.54, 1.807) is 13.8 Å². The molecule has 110 valence electrons. The second-order valence-corrected chi connectivity index (χ2v) is 4.83. The lowest BCUT2D eigenvalue weighted by Crippen LogP contribution is -2.42. The first-order chi connectivity index (χ1) is 9.36. The largest absolute Gasteiger partial charge is 0.481 e. The molecule has 0 saturated carbocycles. The Morgan fingerprint density at radius 1 is 1.30 bits per heavy atom. The summed E-state index contributed by atoms with van der Waals surface area (Å²) in [5.41, 5.74) is -0.279. The fraction of sp³-hybridized carbons (Fsp3) is 0.500. The standard InChI is InChI=1S/C14H20N2O4/c1-4-14(5-2,13(19)20)8-16-12(18)11-6-10(7-15-11)9(3)17/h6-7,15H,4-5,8H2,1-3H3,(H,16,18)(H,19,20).